The maximum Gasteiger partial charge on any atom is 0.230 e. The van der Waals surface area contributed by atoms with Crippen LogP contribution in [0.3, 0.4) is 0 Å². The van der Waals surface area contributed by atoms with Crippen LogP contribution in [0.4, 0.5) is 0 Å². The van der Waals surface area contributed by atoms with Crippen molar-refractivity contribution in [3.8, 4) is 5.75 Å². The van der Waals surface area contributed by atoms with Gasteiger partial charge in [-0.05, 0) is 37.6 Å². The molecule has 0 aliphatic heterocycles. The summed E-state index contributed by atoms with van der Waals surface area (Å²) in [7, 11) is 0. The second-order valence-corrected chi connectivity index (χ2v) is 4.67. The van der Waals surface area contributed by atoms with Gasteiger partial charge < -0.3 is 15.2 Å². The first-order valence-electron chi connectivity index (χ1n) is 5.99. The van der Waals surface area contributed by atoms with Crippen molar-refractivity contribution in [3.63, 3.8) is 0 Å². The van der Waals surface area contributed by atoms with Crippen LogP contribution < -0.4 is 10.1 Å². The van der Waals surface area contributed by atoms with Crippen LogP contribution in [-0.4, -0.2) is 36.5 Å². The molecule has 18 heavy (non-hydrogen) atoms. The minimum Gasteiger partial charge on any atom is -0.494 e. The van der Waals surface area contributed by atoms with E-state index in [-0.39, 0.29) is 12.5 Å². The SMILES string of the molecule is CCOc1ccc(SCC(=O)NCCCO)cc1. The van der Waals surface area contributed by atoms with Gasteiger partial charge in [0, 0.05) is 18.0 Å². The molecule has 0 spiro atoms. The van der Waals surface area contributed by atoms with Crippen molar-refractivity contribution in [2.45, 2.75) is 18.2 Å². The fourth-order valence-corrected chi connectivity index (χ4v) is 2.03. The topological polar surface area (TPSA) is 58.6 Å². The number of aliphatic hydroxyl groups is 1. The van der Waals surface area contributed by atoms with E-state index in [0.717, 1.165) is 10.6 Å². The molecule has 5 heteroatoms. The Labute approximate surface area is 112 Å². The van der Waals surface area contributed by atoms with Crippen molar-refractivity contribution < 1.29 is 14.6 Å². The zero-order chi connectivity index (χ0) is 13.2. The van der Waals surface area contributed by atoms with Gasteiger partial charge in [-0.15, -0.1) is 11.8 Å². The van der Waals surface area contributed by atoms with E-state index in [9.17, 15) is 4.79 Å². The van der Waals surface area contributed by atoms with Gasteiger partial charge in [0.2, 0.25) is 5.91 Å². The normalized spacial score (nSPS) is 10.1. The molecule has 0 bridgehead atoms. The number of amides is 1. The molecular weight excluding hydrogens is 250 g/mol. The second-order valence-electron chi connectivity index (χ2n) is 3.62. The number of carbonyl (C=O) groups excluding carboxylic acids is 1. The van der Waals surface area contributed by atoms with E-state index >= 15 is 0 Å². The number of aliphatic hydroxyl groups excluding tert-OH is 1. The Morgan fingerprint density at radius 3 is 2.72 bits per heavy atom. The van der Waals surface area contributed by atoms with Crippen LogP contribution in [0.1, 0.15) is 13.3 Å². The third kappa shape index (κ3) is 5.93. The summed E-state index contributed by atoms with van der Waals surface area (Å²) in [5.74, 6) is 1.22. The molecule has 100 valence electrons. The molecule has 0 radical (unpaired) electrons. The number of thioether (sulfide) groups is 1. The summed E-state index contributed by atoms with van der Waals surface area (Å²) >= 11 is 1.48. The number of rotatable bonds is 8. The van der Waals surface area contributed by atoms with Crippen molar-refractivity contribution in [3.05, 3.63) is 24.3 Å². The molecule has 1 aromatic rings. The molecule has 0 saturated heterocycles. The molecule has 1 amide bonds. The second kappa shape index (κ2) is 8.83. The van der Waals surface area contributed by atoms with Gasteiger partial charge in [-0.3, -0.25) is 4.79 Å². The van der Waals surface area contributed by atoms with E-state index < -0.39 is 0 Å². The van der Waals surface area contributed by atoms with Crippen LogP contribution in [0, 0.1) is 0 Å². The molecule has 4 nitrogen and oxygen atoms in total. The minimum absolute atomic E-state index is 0.0117. The Morgan fingerprint density at radius 1 is 1.39 bits per heavy atom. The Kier molecular flexibility index (Phi) is 7.29. The lowest BCUT2D eigenvalue weighted by molar-refractivity contribution is -0.118. The Balaban J connectivity index is 2.27. The van der Waals surface area contributed by atoms with Crippen LogP contribution in [0.5, 0.6) is 5.75 Å². The molecule has 1 rings (SSSR count). The Hall–Kier alpha value is -1.20. The first-order chi connectivity index (χ1) is 8.76. The van der Waals surface area contributed by atoms with Crippen molar-refractivity contribution in [1.29, 1.82) is 0 Å². The van der Waals surface area contributed by atoms with Crippen LogP contribution in [0.15, 0.2) is 29.2 Å². The molecule has 0 atom stereocenters. The Bertz CT molecular complexity index is 354. The molecule has 0 aromatic heterocycles. The largest absolute Gasteiger partial charge is 0.494 e. The van der Waals surface area contributed by atoms with Crippen molar-refractivity contribution in [2.75, 3.05) is 25.5 Å². The molecule has 0 heterocycles. The van der Waals surface area contributed by atoms with Gasteiger partial charge in [0.1, 0.15) is 5.75 Å². The van der Waals surface area contributed by atoms with Gasteiger partial charge in [0.25, 0.3) is 0 Å². The summed E-state index contributed by atoms with van der Waals surface area (Å²) in [5.41, 5.74) is 0. The first kappa shape index (κ1) is 14.9. The molecule has 0 saturated carbocycles. The van der Waals surface area contributed by atoms with Crippen LogP contribution in [0.25, 0.3) is 0 Å². The number of hydrogen-bond acceptors (Lipinski definition) is 4. The van der Waals surface area contributed by atoms with E-state index in [1.165, 1.54) is 11.8 Å². The van der Waals surface area contributed by atoms with E-state index in [1.807, 2.05) is 31.2 Å². The maximum absolute atomic E-state index is 11.4. The van der Waals surface area contributed by atoms with Gasteiger partial charge in [0.05, 0.1) is 12.4 Å². The Morgan fingerprint density at radius 2 is 2.11 bits per heavy atom. The summed E-state index contributed by atoms with van der Waals surface area (Å²) in [5, 5.41) is 11.3. The number of ether oxygens (including phenoxy) is 1. The lowest BCUT2D eigenvalue weighted by Crippen LogP contribution is -2.26. The monoisotopic (exact) mass is 269 g/mol. The van der Waals surface area contributed by atoms with Crippen LogP contribution in [-0.2, 0) is 4.79 Å². The highest BCUT2D eigenvalue weighted by molar-refractivity contribution is 8.00. The number of hydrogen-bond donors (Lipinski definition) is 2. The zero-order valence-corrected chi connectivity index (χ0v) is 11.3. The van der Waals surface area contributed by atoms with Crippen molar-refractivity contribution >= 4 is 17.7 Å². The fourth-order valence-electron chi connectivity index (χ4n) is 1.31. The summed E-state index contributed by atoms with van der Waals surface area (Å²) in [6, 6.07) is 7.68. The van der Waals surface area contributed by atoms with Crippen molar-refractivity contribution in [1.82, 2.24) is 5.32 Å². The first-order valence-corrected chi connectivity index (χ1v) is 6.98. The van der Waals surface area contributed by atoms with Gasteiger partial charge >= 0.3 is 0 Å². The molecule has 0 aliphatic rings. The smallest absolute Gasteiger partial charge is 0.230 e. The predicted molar refractivity (Wildman–Crippen MR) is 73.0 cm³/mol. The van der Waals surface area contributed by atoms with E-state index in [4.69, 9.17) is 9.84 Å². The van der Waals surface area contributed by atoms with Gasteiger partial charge in [-0.1, -0.05) is 0 Å². The van der Waals surface area contributed by atoms with Gasteiger partial charge in [-0.2, -0.15) is 0 Å². The van der Waals surface area contributed by atoms with E-state index in [1.54, 1.807) is 0 Å². The van der Waals surface area contributed by atoms with Gasteiger partial charge in [0.15, 0.2) is 0 Å². The summed E-state index contributed by atoms with van der Waals surface area (Å²) in [6.45, 7) is 3.23. The molecular formula is C13H19NO3S. The van der Waals surface area contributed by atoms with Crippen molar-refractivity contribution in [2.24, 2.45) is 0 Å². The van der Waals surface area contributed by atoms with E-state index in [0.29, 0.717) is 25.3 Å². The number of nitrogens with one attached hydrogen (secondary N) is 1. The molecule has 2 N–H and O–H groups in total. The molecule has 0 aliphatic carbocycles. The average Bonchev–Trinajstić information content (AvgIpc) is 2.39. The van der Waals surface area contributed by atoms with E-state index in [2.05, 4.69) is 5.32 Å². The quantitative estimate of drug-likeness (QED) is 0.557. The fraction of sp³-hybridized carbons (Fsp3) is 0.462. The number of benzene rings is 1. The third-order valence-corrected chi connectivity index (χ3v) is 3.17. The summed E-state index contributed by atoms with van der Waals surface area (Å²) in [6.07, 6.45) is 0.597. The molecule has 1 aromatic carbocycles. The summed E-state index contributed by atoms with van der Waals surface area (Å²) in [4.78, 5) is 12.5. The number of carbonyl (C=O) groups is 1. The predicted octanol–water partition coefficient (Wildman–Crippen LogP) is 1.68. The van der Waals surface area contributed by atoms with Gasteiger partial charge in [-0.25, -0.2) is 0 Å². The van der Waals surface area contributed by atoms with Crippen LogP contribution >= 0.6 is 11.8 Å². The average molecular weight is 269 g/mol. The maximum atomic E-state index is 11.4. The third-order valence-electron chi connectivity index (χ3n) is 2.16. The zero-order valence-electron chi connectivity index (χ0n) is 10.5. The standard InChI is InChI=1S/C13H19NO3S/c1-2-17-11-4-6-12(7-5-11)18-10-13(16)14-8-3-9-15/h4-7,15H,2-3,8-10H2,1H3,(H,14,16). The lowest BCUT2D eigenvalue weighted by Gasteiger charge is -2.05. The molecule has 0 fully saturated rings. The lowest BCUT2D eigenvalue weighted by atomic mass is 10.3. The van der Waals surface area contributed by atoms with Crippen LogP contribution in [0.2, 0.25) is 0 Å². The molecule has 0 unspecified atom stereocenters. The minimum atomic E-state index is -0.0117. The highest BCUT2D eigenvalue weighted by Gasteiger charge is 2.02. The highest BCUT2D eigenvalue weighted by atomic mass is 32.2. The highest BCUT2D eigenvalue weighted by Crippen LogP contribution is 2.21. The summed E-state index contributed by atoms with van der Waals surface area (Å²) < 4.78 is 5.34.